The van der Waals surface area contributed by atoms with Gasteiger partial charge in [0.2, 0.25) is 5.91 Å². The fourth-order valence-corrected chi connectivity index (χ4v) is 8.21. The Morgan fingerprint density at radius 3 is 2.78 bits per heavy atom. The molecule has 1 aromatic carbocycles. The van der Waals surface area contributed by atoms with Crippen molar-refractivity contribution in [2.45, 2.75) is 81.4 Å². The lowest BCUT2D eigenvalue weighted by molar-refractivity contribution is -0.144. The third-order valence-electron chi connectivity index (χ3n) is 9.71. The SMILES string of the molecule is CO[C@@H]1COCC[C@@H]1N[C@@H]1C[C@H]2CCC[C@@]2(C(=O)N2C[C@H]3C[C@H]2CN3c2ccc(Cl)c(C(F)(F)F)c2)C1. The molecule has 2 bridgehead atoms. The lowest BCUT2D eigenvalue weighted by Gasteiger charge is -2.41. The molecule has 0 aromatic heterocycles. The maximum absolute atomic E-state index is 14.1. The summed E-state index contributed by atoms with van der Waals surface area (Å²) in [5, 5.41) is 3.53. The molecular formula is C27H35ClF3N3O3. The molecule has 204 valence electrons. The van der Waals surface area contributed by atoms with Gasteiger partial charge in [-0.1, -0.05) is 18.0 Å². The Morgan fingerprint density at radius 1 is 1.22 bits per heavy atom. The molecule has 2 aliphatic carbocycles. The normalized spacial score (nSPS) is 37.4. The van der Waals surface area contributed by atoms with Gasteiger partial charge in [0, 0.05) is 50.6 Å². The number of hydrogen-bond acceptors (Lipinski definition) is 5. The van der Waals surface area contributed by atoms with Crippen molar-refractivity contribution < 1.29 is 27.4 Å². The number of carbonyl (C=O) groups is 1. The largest absolute Gasteiger partial charge is 0.417 e. The molecule has 0 spiro atoms. The van der Waals surface area contributed by atoms with E-state index in [1.54, 1.807) is 13.2 Å². The number of ether oxygens (including phenoxy) is 2. The van der Waals surface area contributed by atoms with E-state index in [9.17, 15) is 18.0 Å². The van der Waals surface area contributed by atoms with Crippen molar-refractivity contribution in [1.29, 1.82) is 0 Å². The number of fused-ring (bicyclic) bond motifs is 3. The summed E-state index contributed by atoms with van der Waals surface area (Å²) < 4.78 is 51.5. The summed E-state index contributed by atoms with van der Waals surface area (Å²) >= 11 is 5.83. The van der Waals surface area contributed by atoms with Crippen molar-refractivity contribution in [2.75, 3.05) is 38.3 Å². The first-order valence-corrected chi connectivity index (χ1v) is 13.9. The van der Waals surface area contributed by atoms with Crippen LogP contribution in [0, 0.1) is 11.3 Å². The molecule has 37 heavy (non-hydrogen) atoms. The van der Waals surface area contributed by atoms with Crippen LogP contribution in [-0.2, 0) is 20.4 Å². The summed E-state index contributed by atoms with van der Waals surface area (Å²) in [6.07, 6.45) is 2.22. The summed E-state index contributed by atoms with van der Waals surface area (Å²) in [5.41, 5.74) is -0.591. The van der Waals surface area contributed by atoms with Crippen LogP contribution < -0.4 is 10.2 Å². The van der Waals surface area contributed by atoms with E-state index in [0.717, 1.165) is 57.6 Å². The van der Waals surface area contributed by atoms with Gasteiger partial charge in [-0.2, -0.15) is 13.2 Å². The first-order valence-electron chi connectivity index (χ1n) is 13.5. The number of benzene rings is 1. The topological polar surface area (TPSA) is 54.0 Å². The molecule has 1 N–H and O–H groups in total. The Balaban J connectivity index is 1.14. The van der Waals surface area contributed by atoms with Gasteiger partial charge in [0.05, 0.1) is 34.8 Å². The van der Waals surface area contributed by atoms with E-state index < -0.39 is 11.7 Å². The van der Waals surface area contributed by atoms with Crippen molar-refractivity contribution in [2.24, 2.45) is 11.3 Å². The lowest BCUT2D eigenvalue weighted by Crippen LogP contribution is -2.54. The second kappa shape index (κ2) is 9.57. The fourth-order valence-electron chi connectivity index (χ4n) is 7.98. The summed E-state index contributed by atoms with van der Waals surface area (Å²) in [5.74, 6) is 0.660. The predicted octanol–water partition coefficient (Wildman–Crippen LogP) is 4.49. The van der Waals surface area contributed by atoms with E-state index in [4.69, 9.17) is 21.1 Å². The number of alkyl halides is 3. The quantitative estimate of drug-likeness (QED) is 0.595. The standard InChI is InChI=1S/C27H35ClF3N3O3/c1-36-24-15-37-8-6-23(24)32-17-9-16-3-2-7-26(16,12-17)25(35)34-14-19-10-20(34)13-33(19)18-4-5-22(28)21(11-18)27(29,30)31/h4-5,11,16-17,19-20,23-24,32H,2-3,6-10,12-15H2,1H3/t16-,17-,19-,20+,23+,24-,26-/m1/s1. The van der Waals surface area contributed by atoms with Crippen LogP contribution in [0.5, 0.6) is 0 Å². The highest BCUT2D eigenvalue weighted by atomic mass is 35.5. The van der Waals surface area contributed by atoms with Crippen molar-refractivity contribution in [3.05, 3.63) is 28.8 Å². The molecule has 3 heterocycles. The minimum absolute atomic E-state index is 0.0341. The Morgan fingerprint density at radius 2 is 2.05 bits per heavy atom. The summed E-state index contributed by atoms with van der Waals surface area (Å²) in [7, 11) is 1.72. The van der Waals surface area contributed by atoms with Crippen LogP contribution in [-0.4, -0.2) is 74.5 Å². The number of methoxy groups -OCH3 is 1. The van der Waals surface area contributed by atoms with Crippen molar-refractivity contribution in [3.63, 3.8) is 0 Å². The van der Waals surface area contributed by atoms with Crippen molar-refractivity contribution in [3.8, 4) is 0 Å². The average Bonchev–Trinajstić information content (AvgIpc) is 3.63. The minimum Gasteiger partial charge on any atom is -0.379 e. The molecule has 1 amide bonds. The van der Waals surface area contributed by atoms with Gasteiger partial charge in [-0.3, -0.25) is 4.79 Å². The molecule has 7 atom stereocenters. The number of nitrogens with one attached hydrogen (secondary N) is 1. The van der Waals surface area contributed by atoms with Crippen LogP contribution in [0.1, 0.15) is 50.5 Å². The van der Waals surface area contributed by atoms with E-state index in [2.05, 4.69) is 10.2 Å². The first kappa shape index (κ1) is 25.7. The van der Waals surface area contributed by atoms with Gasteiger partial charge in [-0.05, 0) is 62.6 Å². The Bertz CT molecular complexity index is 1040. The zero-order chi connectivity index (χ0) is 25.9. The van der Waals surface area contributed by atoms with Crippen molar-refractivity contribution >= 4 is 23.2 Å². The number of rotatable bonds is 5. The van der Waals surface area contributed by atoms with Gasteiger partial charge >= 0.3 is 6.18 Å². The number of carbonyl (C=O) groups excluding carboxylic acids is 1. The summed E-state index contributed by atoms with van der Waals surface area (Å²) in [6.45, 7) is 2.46. The number of likely N-dealkylation sites (tertiary alicyclic amines) is 1. The number of nitrogens with zero attached hydrogens (tertiary/aromatic N) is 2. The van der Waals surface area contributed by atoms with Crippen LogP contribution in [0.25, 0.3) is 0 Å². The highest BCUT2D eigenvalue weighted by Crippen LogP contribution is 2.56. The molecule has 3 saturated heterocycles. The maximum Gasteiger partial charge on any atom is 0.417 e. The molecular weight excluding hydrogens is 507 g/mol. The Labute approximate surface area is 220 Å². The molecule has 1 aromatic rings. The fraction of sp³-hybridized carbons (Fsp3) is 0.741. The average molecular weight is 542 g/mol. The number of amides is 1. The Hall–Kier alpha value is -1.55. The molecule has 5 fully saturated rings. The second-order valence-corrected chi connectivity index (χ2v) is 12.0. The first-order chi connectivity index (χ1) is 17.7. The molecule has 6 rings (SSSR count). The second-order valence-electron chi connectivity index (χ2n) is 11.6. The van der Waals surface area contributed by atoms with Gasteiger partial charge in [-0.15, -0.1) is 0 Å². The van der Waals surface area contributed by atoms with E-state index in [-0.39, 0.29) is 40.6 Å². The number of hydrogen-bond donors (Lipinski definition) is 1. The number of anilines is 1. The number of halogens is 4. The smallest absolute Gasteiger partial charge is 0.379 e. The molecule has 0 radical (unpaired) electrons. The zero-order valence-electron chi connectivity index (χ0n) is 21.1. The molecule has 6 nitrogen and oxygen atoms in total. The van der Waals surface area contributed by atoms with Gasteiger partial charge in [-0.25, -0.2) is 0 Å². The van der Waals surface area contributed by atoms with Crippen molar-refractivity contribution in [1.82, 2.24) is 10.2 Å². The minimum atomic E-state index is -4.49. The third kappa shape index (κ3) is 4.43. The summed E-state index contributed by atoms with van der Waals surface area (Å²) in [6, 6.07) is 4.75. The molecule has 5 aliphatic rings. The molecule has 0 unspecified atom stereocenters. The molecule has 3 aliphatic heterocycles. The maximum atomic E-state index is 14.1. The van der Waals surface area contributed by atoms with E-state index in [0.29, 0.717) is 37.3 Å². The van der Waals surface area contributed by atoms with Crippen LogP contribution in [0.3, 0.4) is 0 Å². The highest BCUT2D eigenvalue weighted by molar-refractivity contribution is 6.31. The summed E-state index contributed by atoms with van der Waals surface area (Å²) in [4.78, 5) is 18.2. The highest BCUT2D eigenvalue weighted by Gasteiger charge is 2.59. The third-order valence-corrected chi connectivity index (χ3v) is 10.0. The van der Waals surface area contributed by atoms with Gasteiger partial charge in [0.25, 0.3) is 0 Å². The molecule has 2 saturated carbocycles. The van der Waals surface area contributed by atoms with E-state index >= 15 is 0 Å². The Kier molecular flexibility index (Phi) is 6.65. The van der Waals surface area contributed by atoms with Crippen LogP contribution in [0.2, 0.25) is 5.02 Å². The predicted molar refractivity (Wildman–Crippen MR) is 134 cm³/mol. The van der Waals surface area contributed by atoms with Gasteiger partial charge in [0.1, 0.15) is 0 Å². The van der Waals surface area contributed by atoms with Crippen LogP contribution in [0.4, 0.5) is 18.9 Å². The molecule has 10 heteroatoms. The number of piperazine rings is 1. The van der Waals surface area contributed by atoms with E-state index in [1.807, 2.05) is 4.90 Å². The van der Waals surface area contributed by atoms with Gasteiger partial charge < -0.3 is 24.6 Å². The van der Waals surface area contributed by atoms with Crippen LogP contribution >= 0.6 is 11.6 Å². The van der Waals surface area contributed by atoms with E-state index in [1.165, 1.54) is 6.07 Å². The zero-order valence-corrected chi connectivity index (χ0v) is 21.9. The monoisotopic (exact) mass is 541 g/mol. The lowest BCUT2D eigenvalue weighted by atomic mass is 9.78. The van der Waals surface area contributed by atoms with Crippen LogP contribution in [0.15, 0.2) is 18.2 Å². The van der Waals surface area contributed by atoms with Gasteiger partial charge in [0.15, 0.2) is 0 Å².